The van der Waals surface area contributed by atoms with Gasteiger partial charge in [0.25, 0.3) is 0 Å². The van der Waals surface area contributed by atoms with E-state index in [9.17, 15) is 0 Å². The molecule has 1 aromatic carbocycles. The average molecular weight is 256 g/mol. The summed E-state index contributed by atoms with van der Waals surface area (Å²) < 4.78 is 11.1. The van der Waals surface area contributed by atoms with E-state index in [1.54, 1.807) is 0 Å². The number of nitrogens with two attached hydrogens (primary N) is 1. The maximum atomic E-state index is 6.12. The lowest BCUT2D eigenvalue weighted by atomic mass is 10.00. The Morgan fingerprint density at radius 3 is 2.82 bits per heavy atom. The molecule has 1 atom stereocenters. The van der Waals surface area contributed by atoms with Crippen LogP contribution in [0.15, 0.2) is 30.4 Å². The number of rotatable bonds is 3. The van der Waals surface area contributed by atoms with E-state index < -0.39 is 0 Å². The van der Waals surface area contributed by atoms with Gasteiger partial charge in [-0.3, -0.25) is 0 Å². The van der Waals surface area contributed by atoms with Crippen LogP contribution in [0, 0.1) is 0 Å². The summed E-state index contributed by atoms with van der Waals surface area (Å²) >= 11 is 0. The number of hydrogen-bond donors (Lipinski definition) is 1. The average Bonchev–Trinajstić information content (AvgIpc) is 2.27. The van der Waals surface area contributed by atoms with Gasteiger partial charge in [-0.15, -0.1) is 19.0 Å². The molecule has 1 aliphatic rings. The van der Waals surface area contributed by atoms with Crippen molar-refractivity contribution in [3.8, 4) is 11.5 Å². The molecule has 0 bridgehead atoms. The van der Waals surface area contributed by atoms with E-state index in [-0.39, 0.29) is 18.4 Å². The molecule has 0 radical (unpaired) electrons. The second kappa shape index (κ2) is 5.94. The number of hydrogen-bond acceptors (Lipinski definition) is 3. The zero-order chi connectivity index (χ0) is 11.5. The summed E-state index contributed by atoms with van der Waals surface area (Å²) in [6.07, 6.45) is 0.764. The lowest BCUT2D eigenvalue weighted by Crippen LogP contribution is -2.19. The van der Waals surface area contributed by atoms with Gasteiger partial charge in [-0.1, -0.05) is 17.7 Å². The molecule has 0 aliphatic carbocycles. The molecule has 94 valence electrons. The fourth-order valence-corrected chi connectivity index (χ4v) is 1.87. The Hall–Kier alpha value is -1.19. The molecule has 1 aliphatic heterocycles. The first-order valence-electron chi connectivity index (χ1n) is 5.47. The van der Waals surface area contributed by atoms with Crippen molar-refractivity contribution in [2.45, 2.75) is 19.4 Å². The van der Waals surface area contributed by atoms with Gasteiger partial charge in [-0.25, -0.2) is 0 Å². The Kier molecular flexibility index (Phi) is 4.85. The van der Waals surface area contributed by atoms with Gasteiger partial charge >= 0.3 is 0 Å². The Labute approximate surface area is 108 Å². The molecule has 1 aromatic rings. The fraction of sp³-hybridized carbons (Fsp3) is 0.385. The first kappa shape index (κ1) is 13.9. The summed E-state index contributed by atoms with van der Waals surface area (Å²) in [5.74, 6) is 1.59. The number of benzene rings is 1. The van der Waals surface area contributed by atoms with Crippen molar-refractivity contribution in [1.29, 1.82) is 0 Å². The van der Waals surface area contributed by atoms with Crippen molar-refractivity contribution in [2.75, 3.05) is 13.2 Å². The molecule has 0 unspecified atom stereocenters. The predicted octanol–water partition coefficient (Wildman–Crippen LogP) is 2.85. The molecule has 3 nitrogen and oxygen atoms in total. The van der Waals surface area contributed by atoms with Crippen molar-refractivity contribution < 1.29 is 9.47 Å². The molecule has 17 heavy (non-hydrogen) atoms. The Morgan fingerprint density at radius 1 is 1.41 bits per heavy atom. The first-order valence-corrected chi connectivity index (χ1v) is 5.47. The van der Waals surface area contributed by atoms with Crippen LogP contribution in [-0.4, -0.2) is 13.2 Å². The number of ether oxygens (including phenoxy) is 2. The van der Waals surface area contributed by atoms with Crippen molar-refractivity contribution in [3.05, 3.63) is 35.9 Å². The Morgan fingerprint density at radius 2 is 2.12 bits per heavy atom. The molecule has 4 heteroatoms. The second-order valence-electron chi connectivity index (χ2n) is 4.14. The number of halogens is 1. The summed E-state index contributed by atoms with van der Waals surface area (Å²) in [6, 6.07) is 5.77. The third-order valence-electron chi connectivity index (χ3n) is 2.56. The standard InChI is InChI=1S/C13H17NO2.ClH/c1-9(2)8-11(14)10-4-3-5-12-13(10)16-7-6-15-12;/h3-5,11H,1,6-8,14H2,2H3;1H/t11-;/m0./s1. The van der Waals surface area contributed by atoms with Crippen molar-refractivity contribution in [3.63, 3.8) is 0 Å². The molecule has 1 heterocycles. The van der Waals surface area contributed by atoms with E-state index >= 15 is 0 Å². The van der Waals surface area contributed by atoms with Crippen LogP contribution < -0.4 is 15.2 Å². The molecular weight excluding hydrogens is 238 g/mol. The van der Waals surface area contributed by atoms with Crippen LogP contribution in [-0.2, 0) is 0 Å². The molecule has 2 N–H and O–H groups in total. The van der Waals surface area contributed by atoms with Crippen molar-refractivity contribution in [2.24, 2.45) is 5.73 Å². The largest absolute Gasteiger partial charge is 0.486 e. The van der Waals surface area contributed by atoms with Gasteiger partial charge in [-0.05, 0) is 19.4 Å². The maximum Gasteiger partial charge on any atom is 0.166 e. The molecule has 0 fully saturated rings. The number of para-hydroxylation sites is 1. The van der Waals surface area contributed by atoms with E-state index in [1.807, 2.05) is 25.1 Å². The lowest BCUT2D eigenvalue weighted by Gasteiger charge is -2.23. The zero-order valence-corrected chi connectivity index (χ0v) is 10.8. The van der Waals surface area contributed by atoms with Crippen molar-refractivity contribution >= 4 is 12.4 Å². The van der Waals surface area contributed by atoms with Crippen LogP contribution in [0.5, 0.6) is 11.5 Å². The summed E-state index contributed by atoms with van der Waals surface area (Å²) in [4.78, 5) is 0. The van der Waals surface area contributed by atoms with E-state index in [1.165, 1.54) is 0 Å². The van der Waals surface area contributed by atoms with Crippen LogP contribution in [0.4, 0.5) is 0 Å². The van der Waals surface area contributed by atoms with Crippen LogP contribution in [0.3, 0.4) is 0 Å². The maximum absolute atomic E-state index is 6.12. The minimum Gasteiger partial charge on any atom is -0.486 e. The fourth-order valence-electron chi connectivity index (χ4n) is 1.87. The van der Waals surface area contributed by atoms with Gasteiger partial charge in [-0.2, -0.15) is 0 Å². The molecule has 0 spiro atoms. The monoisotopic (exact) mass is 255 g/mol. The van der Waals surface area contributed by atoms with Gasteiger partial charge in [0.05, 0.1) is 0 Å². The van der Waals surface area contributed by atoms with Gasteiger partial charge in [0.15, 0.2) is 11.5 Å². The highest BCUT2D eigenvalue weighted by atomic mass is 35.5. The molecular formula is C13H18ClNO2. The van der Waals surface area contributed by atoms with Crippen molar-refractivity contribution in [1.82, 2.24) is 0 Å². The topological polar surface area (TPSA) is 44.5 Å². The summed E-state index contributed by atoms with van der Waals surface area (Å²) in [7, 11) is 0. The predicted molar refractivity (Wildman–Crippen MR) is 71.0 cm³/mol. The van der Waals surface area contributed by atoms with E-state index in [0.717, 1.165) is 29.1 Å². The van der Waals surface area contributed by atoms with E-state index in [2.05, 4.69) is 6.58 Å². The molecule has 0 saturated heterocycles. The van der Waals surface area contributed by atoms with Gasteiger partial charge in [0, 0.05) is 11.6 Å². The SMILES string of the molecule is C=C(C)C[C@H](N)c1cccc2c1OCCO2.Cl. The highest BCUT2D eigenvalue weighted by Crippen LogP contribution is 2.37. The Bertz CT molecular complexity index is 406. The summed E-state index contributed by atoms with van der Waals surface area (Å²) in [6.45, 7) is 7.05. The third kappa shape index (κ3) is 3.14. The minimum absolute atomic E-state index is 0. The third-order valence-corrected chi connectivity index (χ3v) is 2.56. The quantitative estimate of drug-likeness (QED) is 0.845. The van der Waals surface area contributed by atoms with Crippen LogP contribution in [0.2, 0.25) is 0 Å². The highest BCUT2D eigenvalue weighted by molar-refractivity contribution is 5.85. The normalized spacial score (nSPS) is 14.7. The molecule has 0 aromatic heterocycles. The second-order valence-corrected chi connectivity index (χ2v) is 4.14. The molecule has 0 saturated carbocycles. The van der Waals surface area contributed by atoms with E-state index in [4.69, 9.17) is 15.2 Å². The van der Waals surface area contributed by atoms with Crippen LogP contribution in [0.25, 0.3) is 0 Å². The van der Waals surface area contributed by atoms with Crippen LogP contribution in [0.1, 0.15) is 24.9 Å². The molecule has 0 amide bonds. The van der Waals surface area contributed by atoms with E-state index in [0.29, 0.717) is 13.2 Å². The van der Waals surface area contributed by atoms with Gasteiger partial charge < -0.3 is 15.2 Å². The van der Waals surface area contributed by atoms with Gasteiger partial charge in [0.1, 0.15) is 13.2 Å². The minimum atomic E-state index is -0.0749. The van der Waals surface area contributed by atoms with Gasteiger partial charge in [0.2, 0.25) is 0 Å². The summed E-state index contributed by atoms with van der Waals surface area (Å²) in [5.41, 5.74) is 8.19. The van der Waals surface area contributed by atoms with Crippen LogP contribution >= 0.6 is 12.4 Å². The Balaban J connectivity index is 0.00000144. The number of fused-ring (bicyclic) bond motifs is 1. The first-order chi connectivity index (χ1) is 7.68. The smallest absolute Gasteiger partial charge is 0.166 e. The zero-order valence-electron chi connectivity index (χ0n) is 9.94. The summed E-state index contributed by atoms with van der Waals surface area (Å²) in [5, 5.41) is 0. The highest BCUT2D eigenvalue weighted by Gasteiger charge is 2.19. The lowest BCUT2D eigenvalue weighted by molar-refractivity contribution is 0.169. The molecule has 2 rings (SSSR count).